The Morgan fingerprint density at radius 2 is 1.78 bits per heavy atom. The average molecular weight is 254 g/mol. The first kappa shape index (κ1) is 14.7. The molecule has 1 saturated heterocycles. The summed E-state index contributed by atoms with van der Waals surface area (Å²) in [6.07, 6.45) is 3.20. The Labute approximate surface area is 108 Å². The van der Waals surface area contributed by atoms with Gasteiger partial charge in [-0.25, -0.2) is 4.79 Å². The van der Waals surface area contributed by atoms with E-state index in [9.17, 15) is 9.59 Å². The molecule has 0 unspecified atom stereocenters. The van der Waals surface area contributed by atoms with Gasteiger partial charge in [0.15, 0.2) is 0 Å². The average Bonchev–Trinajstić information content (AvgIpc) is 2.34. The molecule has 1 N–H and O–H groups in total. The molecule has 0 radical (unpaired) electrons. The van der Waals surface area contributed by atoms with Gasteiger partial charge in [-0.3, -0.25) is 9.69 Å². The SMILES string of the molecule is CC(C)CCN1CCN(C(=O)/C=C/C(=O)O)CC1. The predicted octanol–water partition coefficient (Wildman–Crippen LogP) is 0.818. The van der Waals surface area contributed by atoms with E-state index in [0.29, 0.717) is 19.0 Å². The first-order valence-electron chi connectivity index (χ1n) is 6.41. The second kappa shape index (κ2) is 7.16. The maximum atomic E-state index is 11.6. The van der Waals surface area contributed by atoms with Crippen molar-refractivity contribution in [1.82, 2.24) is 9.80 Å². The third-order valence-corrected chi connectivity index (χ3v) is 3.08. The number of piperazine rings is 1. The van der Waals surface area contributed by atoms with E-state index in [4.69, 9.17) is 5.11 Å². The Morgan fingerprint density at radius 1 is 1.17 bits per heavy atom. The minimum atomic E-state index is -1.08. The molecule has 5 nitrogen and oxygen atoms in total. The van der Waals surface area contributed by atoms with Crippen LogP contribution in [0.4, 0.5) is 0 Å². The first-order valence-corrected chi connectivity index (χ1v) is 6.41. The van der Waals surface area contributed by atoms with E-state index >= 15 is 0 Å². The highest BCUT2D eigenvalue weighted by Crippen LogP contribution is 2.06. The lowest BCUT2D eigenvalue weighted by molar-refractivity contribution is -0.132. The second-order valence-electron chi connectivity index (χ2n) is 5.02. The van der Waals surface area contributed by atoms with Crippen molar-refractivity contribution >= 4 is 11.9 Å². The van der Waals surface area contributed by atoms with Crippen LogP contribution in [0.25, 0.3) is 0 Å². The Kier molecular flexibility index (Phi) is 5.85. The summed E-state index contributed by atoms with van der Waals surface area (Å²) in [5.41, 5.74) is 0. The molecule has 1 rings (SSSR count). The van der Waals surface area contributed by atoms with Gasteiger partial charge in [0.2, 0.25) is 5.91 Å². The maximum absolute atomic E-state index is 11.6. The molecule has 102 valence electrons. The van der Waals surface area contributed by atoms with Crippen molar-refractivity contribution < 1.29 is 14.7 Å². The normalized spacial score (nSPS) is 17.6. The van der Waals surface area contributed by atoms with Crippen LogP contribution in [0.5, 0.6) is 0 Å². The second-order valence-corrected chi connectivity index (χ2v) is 5.02. The minimum absolute atomic E-state index is 0.207. The van der Waals surface area contributed by atoms with Crippen LogP contribution in [0.3, 0.4) is 0 Å². The van der Waals surface area contributed by atoms with E-state index in [1.807, 2.05) is 0 Å². The van der Waals surface area contributed by atoms with E-state index < -0.39 is 5.97 Å². The van der Waals surface area contributed by atoms with Crippen LogP contribution in [-0.4, -0.2) is 59.5 Å². The Balaban J connectivity index is 2.30. The zero-order chi connectivity index (χ0) is 13.5. The zero-order valence-electron chi connectivity index (χ0n) is 11.1. The van der Waals surface area contributed by atoms with Crippen LogP contribution in [0, 0.1) is 5.92 Å². The number of hydrogen-bond donors (Lipinski definition) is 1. The summed E-state index contributed by atoms with van der Waals surface area (Å²) >= 11 is 0. The number of rotatable bonds is 5. The number of carboxylic acid groups (broad SMARTS) is 1. The quantitative estimate of drug-likeness (QED) is 0.738. The Morgan fingerprint density at radius 3 is 2.28 bits per heavy atom. The van der Waals surface area contributed by atoms with E-state index in [1.165, 1.54) is 6.42 Å². The number of carbonyl (C=O) groups excluding carboxylic acids is 1. The van der Waals surface area contributed by atoms with Gasteiger partial charge in [-0.2, -0.15) is 0 Å². The molecule has 0 aromatic carbocycles. The fourth-order valence-electron chi connectivity index (χ4n) is 1.88. The molecule has 1 amide bonds. The highest BCUT2D eigenvalue weighted by Gasteiger charge is 2.19. The highest BCUT2D eigenvalue weighted by molar-refractivity contribution is 5.93. The van der Waals surface area contributed by atoms with Crippen LogP contribution in [0.15, 0.2) is 12.2 Å². The van der Waals surface area contributed by atoms with Gasteiger partial charge in [0, 0.05) is 38.3 Å². The Bertz CT molecular complexity index is 318. The molecule has 1 aliphatic rings. The fourth-order valence-corrected chi connectivity index (χ4v) is 1.88. The summed E-state index contributed by atoms with van der Waals surface area (Å²) in [5.74, 6) is -0.594. The standard InChI is InChI=1S/C13H22N2O3/c1-11(2)5-6-14-7-9-15(10-8-14)12(16)3-4-13(17)18/h3-4,11H,5-10H2,1-2H3,(H,17,18)/b4-3+. The smallest absolute Gasteiger partial charge is 0.328 e. The monoisotopic (exact) mass is 254 g/mol. The van der Waals surface area contributed by atoms with Crippen molar-refractivity contribution in [2.45, 2.75) is 20.3 Å². The molecule has 0 aromatic heterocycles. The Hall–Kier alpha value is -1.36. The van der Waals surface area contributed by atoms with Crippen LogP contribution < -0.4 is 0 Å². The summed E-state index contributed by atoms with van der Waals surface area (Å²) in [6.45, 7) is 8.60. The molecule has 1 heterocycles. The van der Waals surface area contributed by atoms with Gasteiger partial charge in [-0.1, -0.05) is 13.8 Å². The van der Waals surface area contributed by atoms with Gasteiger partial charge in [-0.15, -0.1) is 0 Å². The third-order valence-electron chi connectivity index (χ3n) is 3.08. The number of aliphatic carboxylic acids is 1. The number of carbonyl (C=O) groups is 2. The van der Waals surface area contributed by atoms with Gasteiger partial charge < -0.3 is 10.0 Å². The van der Waals surface area contributed by atoms with Gasteiger partial charge in [0.05, 0.1) is 0 Å². The van der Waals surface area contributed by atoms with E-state index in [2.05, 4.69) is 18.7 Å². The molecule has 1 aliphatic heterocycles. The zero-order valence-corrected chi connectivity index (χ0v) is 11.1. The van der Waals surface area contributed by atoms with Crippen molar-refractivity contribution in [3.05, 3.63) is 12.2 Å². The van der Waals surface area contributed by atoms with E-state index in [-0.39, 0.29) is 5.91 Å². The minimum Gasteiger partial charge on any atom is -0.478 e. The summed E-state index contributed by atoms with van der Waals surface area (Å²) in [6, 6.07) is 0. The number of amides is 1. The van der Waals surface area contributed by atoms with Crippen molar-refractivity contribution in [3.8, 4) is 0 Å². The molecular weight excluding hydrogens is 232 g/mol. The molecule has 0 aliphatic carbocycles. The van der Waals surface area contributed by atoms with E-state index in [0.717, 1.165) is 31.8 Å². The number of nitrogens with zero attached hydrogens (tertiary/aromatic N) is 2. The van der Waals surface area contributed by atoms with Crippen molar-refractivity contribution in [2.75, 3.05) is 32.7 Å². The van der Waals surface area contributed by atoms with Gasteiger partial charge in [0.1, 0.15) is 0 Å². The summed E-state index contributed by atoms with van der Waals surface area (Å²) in [4.78, 5) is 26.0. The van der Waals surface area contributed by atoms with Gasteiger partial charge in [-0.05, 0) is 18.9 Å². The lowest BCUT2D eigenvalue weighted by Gasteiger charge is -2.34. The molecule has 18 heavy (non-hydrogen) atoms. The third kappa shape index (κ3) is 5.31. The number of hydrogen-bond acceptors (Lipinski definition) is 3. The summed E-state index contributed by atoms with van der Waals surface area (Å²) < 4.78 is 0. The topological polar surface area (TPSA) is 60.9 Å². The molecule has 1 fully saturated rings. The first-order chi connectivity index (χ1) is 8.49. The predicted molar refractivity (Wildman–Crippen MR) is 69.3 cm³/mol. The van der Waals surface area contributed by atoms with Crippen molar-refractivity contribution in [3.63, 3.8) is 0 Å². The molecule has 0 aromatic rings. The van der Waals surface area contributed by atoms with Crippen molar-refractivity contribution in [2.24, 2.45) is 5.92 Å². The molecule has 5 heteroatoms. The summed E-state index contributed by atoms with van der Waals surface area (Å²) in [5, 5.41) is 8.46. The molecule has 0 atom stereocenters. The summed E-state index contributed by atoms with van der Waals surface area (Å²) in [7, 11) is 0. The van der Waals surface area contributed by atoms with Gasteiger partial charge in [0.25, 0.3) is 0 Å². The van der Waals surface area contributed by atoms with Crippen LogP contribution in [0.1, 0.15) is 20.3 Å². The van der Waals surface area contributed by atoms with Crippen LogP contribution >= 0.6 is 0 Å². The fraction of sp³-hybridized carbons (Fsp3) is 0.692. The molecule has 0 saturated carbocycles. The van der Waals surface area contributed by atoms with Crippen LogP contribution in [-0.2, 0) is 9.59 Å². The van der Waals surface area contributed by atoms with Crippen LogP contribution in [0.2, 0.25) is 0 Å². The van der Waals surface area contributed by atoms with E-state index in [1.54, 1.807) is 4.90 Å². The maximum Gasteiger partial charge on any atom is 0.328 e. The molecule has 0 bridgehead atoms. The van der Waals surface area contributed by atoms with Gasteiger partial charge >= 0.3 is 5.97 Å². The highest BCUT2D eigenvalue weighted by atomic mass is 16.4. The molecule has 0 spiro atoms. The number of carboxylic acids is 1. The largest absolute Gasteiger partial charge is 0.478 e. The molecular formula is C13H22N2O3. The lowest BCUT2D eigenvalue weighted by Crippen LogP contribution is -2.48. The van der Waals surface area contributed by atoms with Crippen molar-refractivity contribution in [1.29, 1.82) is 0 Å². The lowest BCUT2D eigenvalue weighted by atomic mass is 10.1.